The molecule has 3 N–H and O–H groups in total. The van der Waals surface area contributed by atoms with Gasteiger partial charge in [-0.15, -0.1) is 0 Å². The summed E-state index contributed by atoms with van der Waals surface area (Å²) in [5.41, 5.74) is 8.09. The molecule has 0 aromatic carbocycles. The zero-order chi connectivity index (χ0) is 8.39. The third kappa shape index (κ3) is 1.37. The highest BCUT2D eigenvalue weighted by Gasteiger charge is 2.11. The Morgan fingerprint density at radius 3 is 2.92 bits per heavy atom. The van der Waals surface area contributed by atoms with Gasteiger partial charge in [0, 0.05) is 5.69 Å². The topological polar surface area (TPSA) is 54.7 Å². The highest BCUT2D eigenvalue weighted by molar-refractivity contribution is 5.16. The van der Waals surface area contributed by atoms with Crippen molar-refractivity contribution in [3.63, 3.8) is 0 Å². The summed E-state index contributed by atoms with van der Waals surface area (Å²) in [6.45, 7) is 0.535. The minimum absolute atomic E-state index is 0.535. The Labute approximate surface area is 72.4 Å². The Hall–Kier alpha value is -0.830. The highest BCUT2D eigenvalue weighted by Crippen LogP contribution is 2.17. The maximum atomic E-state index is 5.51. The Morgan fingerprint density at radius 2 is 2.08 bits per heavy atom. The quantitative estimate of drug-likeness (QED) is 0.613. The predicted molar refractivity (Wildman–Crippen MR) is 47.7 cm³/mol. The molecule has 1 aromatic rings. The molecule has 1 heterocycles. The number of nitrogens with zero attached hydrogens (tertiary/aromatic N) is 1. The first-order valence-electron chi connectivity index (χ1n) is 4.67. The van der Waals surface area contributed by atoms with E-state index >= 15 is 0 Å². The van der Waals surface area contributed by atoms with Gasteiger partial charge in [0.2, 0.25) is 0 Å². The Morgan fingerprint density at radius 1 is 1.25 bits per heavy atom. The van der Waals surface area contributed by atoms with Gasteiger partial charge in [0.05, 0.1) is 12.2 Å². The van der Waals surface area contributed by atoms with Crippen LogP contribution in [0.1, 0.15) is 36.5 Å². The molecule has 1 aliphatic carbocycles. The van der Waals surface area contributed by atoms with Crippen LogP contribution >= 0.6 is 0 Å². The number of nitrogens with one attached hydrogen (secondary N) is 1. The lowest BCUT2D eigenvalue weighted by Crippen LogP contribution is -1.98. The first-order chi connectivity index (χ1) is 5.90. The third-order valence-electron chi connectivity index (χ3n) is 2.45. The second-order valence-electron chi connectivity index (χ2n) is 3.37. The molecule has 66 valence electrons. The van der Waals surface area contributed by atoms with Gasteiger partial charge in [-0.3, -0.25) is 0 Å². The molecule has 1 aliphatic rings. The average molecular weight is 165 g/mol. The number of aromatic amines is 1. The summed E-state index contributed by atoms with van der Waals surface area (Å²) in [6, 6.07) is 0. The summed E-state index contributed by atoms with van der Waals surface area (Å²) in [4.78, 5) is 7.74. The van der Waals surface area contributed by atoms with Crippen LogP contribution in [0.15, 0.2) is 0 Å². The molecule has 0 saturated heterocycles. The number of H-pyrrole nitrogens is 1. The van der Waals surface area contributed by atoms with Crippen molar-refractivity contribution in [1.82, 2.24) is 9.97 Å². The second-order valence-corrected chi connectivity index (χ2v) is 3.37. The van der Waals surface area contributed by atoms with Crippen LogP contribution in [-0.4, -0.2) is 9.97 Å². The van der Waals surface area contributed by atoms with Crippen LogP contribution in [0.4, 0.5) is 0 Å². The van der Waals surface area contributed by atoms with Gasteiger partial charge in [-0.2, -0.15) is 0 Å². The van der Waals surface area contributed by atoms with Gasteiger partial charge in [-0.1, -0.05) is 6.42 Å². The molecule has 3 nitrogen and oxygen atoms in total. The largest absolute Gasteiger partial charge is 0.345 e. The molecule has 12 heavy (non-hydrogen) atoms. The number of aryl methyl sites for hydroxylation is 2. The van der Waals surface area contributed by atoms with Gasteiger partial charge in [-0.25, -0.2) is 4.98 Å². The maximum absolute atomic E-state index is 5.51. The Bertz CT molecular complexity index is 241. The zero-order valence-electron chi connectivity index (χ0n) is 7.27. The molecule has 0 saturated carbocycles. The molecule has 0 aliphatic heterocycles. The second kappa shape index (κ2) is 3.27. The van der Waals surface area contributed by atoms with Crippen molar-refractivity contribution < 1.29 is 0 Å². The molecule has 0 amide bonds. The van der Waals surface area contributed by atoms with Crippen molar-refractivity contribution in [1.29, 1.82) is 0 Å². The molecule has 2 rings (SSSR count). The zero-order valence-corrected chi connectivity index (χ0v) is 7.27. The lowest BCUT2D eigenvalue weighted by atomic mass is 10.2. The van der Waals surface area contributed by atoms with E-state index in [0.717, 1.165) is 18.7 Å². The molecule has 0 bridgehead atoms. The van der Waals surface area contributed by atoms with E-state index in [0.29, 0.717) is 6.54 Å². The standard InChI is InChI=1S/C9H15N3/c10-6-9-11-7-4-2-1-3-5-8(7)12-9/h1-6,10H2,(H,11,12). The van der Waals surface area contributed by atoms with Crippen molar-refractivity contribution in [3.05, 3.63) is 17.2 Å². The molecule has 0 radical (unpaired) electrons. The van der Waals surface area contributed by atoms with Crippen molar-refractivity contribution in [2.45, 2.75) is 38.6 Å². The van der Waals surface area contributed by atoms with Crippen molar-refractivity contribution in [3.8, 4) is 0 Å². The van der Waals surface area contributed by atoms with Crippen LogP contribution in [0, 0.1) is 0 Å². The number of aromatic nitrogens is 2. The molecule has 0 spiro atoms. The number of hydrogen-bond acceptors (Lipinski definition) is 2. The summed E-state index contributed by atoms with van der Waals surface area (Å²) in [5.74, 6) is 0.946. The molecular formula is C9H15N3. The van der Waals surface area contributed by atoms with Crippen molar-refractivity contribution >= 4 is 0 Å². The van der Waals surface area contributed by atoms with E-state index in [1.165, 1.54) is 30.7 Å². The Kier molecular flexibility index (Phi) is 2.13. The minimum Gasteiger partial charge on any atom is -0.345 e. The first-order valence-corrected chi connectivity index (χ1v) is 4.67. The van der Waals surface area contributed by atoms with E-state index in [2.05, 4.69) is 9.97 Å². The number of nitrogens with two attached hydrogens (primary N) is 1. The summed E-state index contributed by atoms with van der Waals surface area (Å²) in [6.07, 6.45) is 6.19. The SMILES string of the molecule is NCc1nc2c([nH]1)CCCCC2. The predicted octanol–water partition coefficient (Wildman–Crippen LogP) is 1.14. The lowest BCUT2D eigenvalue weighted by molar-refractivity contribution is 0.699. The molecule has 1 aromatic heterocycles. The van der Waals surface area contributed by atoms with Crippen LogP contribution in [0.3, 0.4) is 0 Å². The van der Waals surface area contributed by atoms with Crippen molar-refractivity contribution in [2.24, 2.45) is 5.73 Å². The number of rotatable bonds is 1. The number of hydrogen-bond donors (Lipinski definition) is 2. The molecule has 0 unspecified atom stereocenters. The van der Waals surface area contributed by atoms with E-state index in [9.17, 15) is 0 Å². The van der Waals surface area contributed by atoms with Gasteiger partial charge >= 0.3 is 0 Å². The van der Waals surface area contributed by atoms with Crippen molar-refractivity contribution in [2.75, 3.05) is 0 Å². The van der Waals surface area contributed by atoms with Gasteiger partial charge in [0.25, 0.3) is 0 Å². The Balaban J connectivity index is 2.26. The highest BCUT2D eigenvalue weighted by atomic mass is 15.0. The first kappa shape index (κ1) is 7.80. The fraction of sp³-hybridized carbons (Fsp3) is 0.667. The van der Waals surface area contributed by atoms with Crippen LogP contribution in [0.25, 0.3) is 0 Å². The van der Waals surface area contributed by atoms with Crippen LogP contribution in [-0.2, 0) is 19.4 Å². The summed E-state index contributed by atoms with van der Waals surface area (Å²) >= 11 is 0. The van der Waals surface area contributed by atoms with E-state index in [1.807, 2.05) is 0 Å². The van der Waals surface area contributed by atoms with Gasteiger partial charge < -0.3 is 10.7 Å². The number of fused-ring (bicyclic) bond motifs is 1. The maximum Gasteiger partial charge on any atom is 0.120 e. The summed E-state index contributed by atoms with van der Waals surface area (Å²) in [5, 5.41) is 0. The fourth-order valence-corrected chi connectivity index (χ4v) is 1.79. The lowest BCUT2D eigenvalue weighted by Gasteiger charge is -1.92. The van der Waals surface area contributed by atoms with Gasteiger partial charge in [0.15, 0.2) is 0 Å². The monoisotopic (exact) mass is 165 g/mol. The van der Waals surface area contributed by atoms with E-state index < -0.39 is 0 Å². The molecular weight excluding hydrogens is 150 g/mol. The fourth-order valence-electron chi connectivity index (χ4n) is 1.79. The molecule has 0 atom stereocenters. The van der Waals surface area contributed by atoms with E-state index in [4.69, 9.17) is 5.73 Å². The van der Waals surface area contributed by atoms with E-state index in [-0.39, 0.29) is 0 Å². The molecule has 0 fully saturated rings. The smallest absolute Gasteiger partial charge is 0.120 e. The number of imidazole rings is 1. The van der Waals surface area contributed by atoms with Crippen LogP contribution in [0.5, 0.6) is 0 Å². The van der Waals surface area contributed by atoms with Gasteiger partial charge in [0.1, 0.15) is 5.82 Å². The van der Waals surface area contributed by atoms with E-state index in [1.54, 1.807) is 0 Å². The van der Waals surface area contributed by atoms with Crippen LogP contribution < -0.4 is 5.73 Å². The summed E-state index contributed by atoms with van der Waals surface area (Å²) < 4.78 is 0. The normalized spacial score (nSPS) is 17.1. The molecule has 3 heteroatoms. The third-order valence-corrected chi connectivity index (χ3v) is 2.45. The summed E-state index contributed by atoms with van der Waals surface area (Å²) in [7, 11) is 0. The van der Waals surface area contributed by atoms with Gasteiger partial charge in [-0.05, 0) is 25.7 Å². The minimum atomic E-state index is 0.535. The average Bonchev–Trinajstić information content (AvgIpc) is 2.37. The van der Waals surface area contributed by atoms with Crippen LogP contribution in [0.2, 0.25) is 0 Å².